The third kappa shape index (κ3) is 6.11. The smallest absolute Gasteiger partial charge is 0.319 e. The number of allylic oxidation sites excluding steroid dienone is 4. The number of hydrogen-bond donors (Lipinski definition) is 2. The summed E-state index contributed by atoms with van der Waals surface area (Å²) in [5, 5.41) is 5.72. The molecule has 1 aliphatic carbocycles. The fraction of sp³-hybridized carbons (Fsp3) is 0.185. The number of hydrogen-bond acceptors (Lipinski definition) is 3. The van der Waals surface area contributed by atoms with E-state index in [-0.39, 0.29) is 6.03 Å². The number of rotatable bonds is 7. The normalized spacial score (nSPS) is 15.2. The minimum Gasteiger partial charge on any atom is -0.334 e. The van der Waals surface area contributed by atoms with Gasteiger partial charge >= 0.3 is 6.03 Å². The van der Waals surface area contributed by atoms with Gasteiger partial charge in [0, 0.05) is 35.3 Å². The Morgan fingerprint density at radius 1 is 1.09 bits per heavy atom. The molecule has 3 aromatic rings. The monoisotopic (exact) mass is 441 g/mol. The van der Waals surface area contributed by atoms with Crippen molar-refractivity contribution in [3.05, 3.63) is 108 Å². The number of amides is 2. The number of anilines is 1. The van der Waals surface area contributed by atoms with E-state index in [1.807, 2.05) is 36.4 Å². The van der Waals surface area contributed by atoms with E-state index in [9.17, 15) is 4.79 Å². The molecule has 0 bridgehead atoms. The maximum absolute atomic E-state index is 12.1. The molecule has 4 nitrogen and oxygen atoms in total. The van der Waals surface area contributed by atoms with Crippen LogP contribution < -0.4 is 10.6 Å². The van der Waals surface area contributed by atoms with Crippen molar-refractivity contribution in [2.75, 3.05) is 5.32 Å². The first kappa shape index (κ1) is 21.9. The lowest BCUT2D eigenvalue weighted by Crippen LogP contribution is -2.28. The highest BCUT2D eigenvalue weighted by molar-refractivity contribution is 7.98. The summed E-state index contributed by atoms with van der Waals surface area (Å²) in [5.41, 5.74) is 5.69. The van der Waals surface area contributed by atoms with Crippen molar-refractivity contribution in [2.24, 2.45) is 5.92 Å². The lowest BCUT2D eigenvalue weighted by Gasteiger charge is -2.16. The van der Waals surface area contributed by atoms with Crippen LogP contribution >= 0.6 is 11.8 Å². The van der Waals surface area contributed by atoms with Crippen LogP contribution in [-0.2, 0) is 12.3 Å². The maximum atomic E-state index is 12.1. The summed E-state index contributed by atoms with van der Waals surface area (Å²) in [6.45, 7) is 2.70. The number of benzene rings is 2. The second-order valence-corrected chi connectivity index (χ2v) is 8.93. The topological polar surface area (TPSA) is 54.0 Å². The van der Waals surface area contributed by atoms with Crippen molar-refractivity contribution < 1.29 is 4.79 Å². The van der Waals surface area contributed by atoms with Crippen LogP contribution in [0.3, 0.4) is 0 Å². The zero-order valence-corrected chi connectivity index (χ0v) is 18.9. The molecular weight excluding hydrogens is 414 g/mol. The van der Waals surface area contributed by atoms with Crippen LogP contribution in [0.15, 0.2) is 96.2 Å². The summed E-state index contributed by atoms with van der Waals surface area (Å²) in [5.74, 6) is 1.48. The predicted molar refractivity (Wildman–Crippen MR) is 133 cm³/mol. The van der Waals surface area contributed by atoms with E-state index >= 15 is 0 Å². The molecule has 32 heavy (non-hydrogen) atoms. The molecule has 2 amide bonds. The van der Waals surface area contributed by atoms with Crippen molar-refractivity contribution in [1.29, 1.82) is 0 Å². The SMILES string of the molecule is CC1C=C(c2ccccc2CSc2ccc(NC(=O)NCc3cccnc3)cc2)C=CC1. The fourth-order valence-corrected chi connectivity index (χ4v) is 4.51. The van der Waals surface area contributed by atoms with Crippen LogP contribution in [0, 0.1) is 5.92 Å². The van der Waals surface area contributed by atoms with E-state index in [4.69, 9.17) is 0 Å². The van der Waals surface area contributed by atoms with Gasteiger partial charge in [0.2, 0.25) is 0 Å². The van der Waals surface area contributed by atoms with Crippen LogP contribution in [-0.4, -0.2) is 11.0 Å². The Hall–Kier alpha value is -3.31. The van der Waals surface area contributed by atoms with Gasteiger partial charge in [-0.1, -0.05) is 55.5 Å². The van der Waals surface area contributed by atoms with Gasteiger partial charge in [0.05, 0.1) is 0 Å². The molecule has 0 fully saturated rings. The van der Waals surface area contributed by atoms with Crippen LogP contribution in [0.1, 0.15) is 30.0 Å². The molecule has 2 aromatic carbocycles. The molecule has 1 heterocycles. The molecule has 1 atom stereocenters. The van der Waals surface area contributed by atoms with Gasteiger partial charge in [0.15, 0.2) is 0 Å². The first-order valence-electron chi connectivity index (χ1n) is 10.8. The molecule has 0 aliphatic heterocycles. The van der Waals surface area contributed by atoms with Crippen LogP contribution in [0.5, 0.6) is 0 Å². The summed E-state index contributed by atoms with van der Waals surface area (Å²) in [6.07, 6.45) is 11.4. The van der Waals surface area contributed by atoms with Gasteiger partial charge in [-0.3, -0.25) is 4.98 Å². The maximum Gasteiger partial charge on any atom is 0.319 e. The van der Waals surface area contributed by atoms with E-state index < -0.39 is 0 Å². The van der Waals surface area contributed by atoms with E-state index in [0.717, 1.165) is 23.4 Å². The second kappa shape index (κ2) is 10.8. The summed E-state index contributed by atoms with van der Waals surface area (Å²) < 4.78 is 0. The second-order valence-electron chi connectivity index (χ2n) is 7.88. The predicted octanol–water partition coefficient (Wildman–Crippen LogP) is 6.68. The minimum absolute atomic E-state index is 0.230. The van der Waals surface area contributed by atoms with Crippen LogP contribution in [0.25, 0.3) is 5.57 Å². The highest BCUT2D eigenvalue weighted by Crippen LogP contribution is 2.31. The lowest BCUT2D eigenvalue weighted by molar-refractivity contribution is 0.251. The Labute approximate surface area is 193 Å². The summed E-state index contributed by atoms with van der Waals surface area (Å²) in [6, 6.07) is 20.2. The van der Waals surface area contributed by atoms with Crippen LogP contribution in [0.4, 0.5) is 10.5 Å². The van der Waals surface area contributed by atoms with Crippen molar-refractivity contribution in [3.63, 3.8) is 0 Å². The van der Waals surface area contributed by atoms with E-state index in [2.05, 4.69) is 65.0 Å². The largest absolute Gasteiger partial charge is 0.334 e. The molecule has 162 valence electrons. The van der Waals surface area contributed by atoms with Crippen molar-refractivity contribution in [1.82, 2.24) is 10.3 Å². The number of aromatic nitrogens is 1. The Balaban J connectivity index is 1.32. The molecule has 1 aliphatic rings. The quantitative estimate of drug-likeness (QED) is 0.402. The summed E-state index contributed by atoms with van der Waals surface area (Å²) in [7, 11) is 0. The average Bonchev–Trinajstić information content (AvgIpc) is 2.83. The molecule has 1 aromatic heterocycles. The van der Waals surface area contributed by atoms with Gasteiger partial charge in [0.25, 0.3) is 0 Å². The number of urea groups is 1. The number of nitrogens with zero attached hydrogens (tertiary/aromatic N) is 1. The lowest BCUT2D eigenvalue weighted by atomic mass is 9.91. The van der Waals surface area contributed by atoms with Gasteiger partial charge in [-0.25, -0.2) is 4.79 Å². The molecule has 5 heteroatoms. The molecule has 0 saturated heterocycles. The number of thioether (sulfide) groups is 1. The van der Waals surface area contributed by atoms with E-state index in [1.165, 1.54) is 21.6 Å². The highest BCUT2D eigenvalue weighted by Gasteiger charge is 2.10. The third-order valence-electron chi connectivity index (χ3n) is 5.28. The van der Waals surface area contributed by atoms with E-state index in [1.54, 1.807) is 24.2 Å². The minimum atomic E-state index is -0.230. The third-order valence-corrected chi connectivity index (χ3v) is 6.34. The molecular formula is C27H27N3OS. The fourth-order valence-electron chi connectivity index (χ4n) is 3.60. The zero-order valence-electron chi connectivity index (χ0n) is 18.1. The Bertz CT molecular complexity index is 1110. The van der Waals surface area contributed by atoms with Gasteiger partial charge in [-0.2, -0.15) is 0 Å². The first-order chi connectivity index (χ1) is 15.7. The number of carbonyl (C=O) groups excluding carboxylic acids is 1. The highest BCUT2D eigenvalue weighted by atomic mass is 32.2. The summed E-state index contributed by atoms with van der Waals surface area (Å²) in [4.78, 5) is 17.4. The molecule has 1 unspecified atom stereocenters. The average molecular weight is 442 g/mol. The van der Waals surface area contributed by atoms with Gasteiger partial charge in [-0.15, -0.1) is 11.8 Å². The number of carbonyl (C=O) groups is 1. The number of nitrogens with one attached hydrogen (secondary N) is 2. The molecule has 0 spiro atoms. The molecule has 4 rings (SSSR count). The standard InChI is InChI=1S/C27H27N3OS/c1-20-6-4-9-22(16-20)26-10-3-2-8-23(26)19-32-25-13-11-24(12-14-25)30-27(31)29-18-21-7-5-15-28-17-21/h2-5,7-17,20H,6,18-19H2,1H3,(H2,29,30,31). The van der Waals surface area contributed by atoms with Crippen molar-refractivity contribution >= 4 is 29.1 Å². The van der Waals surface area contributed by atoms with Gasteiger partial charge in [0.1, 0.15) is 0 Å². The molecule has 2 N–H and O–H groups in total. The van der Waals surface area contributed by atoms with Crippen molar-refractivity contribution in [2.45, 2.75) is 30.5 Å². The first-order valence-corrected chi connectivity index (χ1v) is 11.8. The zero-order chi connectivity index (χ0) is 22.2. The Kier molecular flexibility index (Phi) is 7.41. The summed E-state index contributed by atoms with van der Waals surface area (Å²) >= 11 is 1.80. The van der Waals surface area contributed by atoms with Gasteiger partial charge < -0.3 is 10.6 Å². The van der Waals surface area contributed by atoms with E-state index in [0.29, 0.717) is 12.5 Å². The van der Waals surface area contributed by atoms with Crippen molar-refractivity contribution in [3.8, 4) is 0 Å². The molecule has 0 radical (unpaired) electrons. The van der Waals surface area contributed by atoms with Crippen LogP contribution in [0.2, 0.25) is 0 Å². The van der Waals surface area contributed by atoms with Gasteiger partial charge in [-0.05, 0) is 64.9 Å². The Morgan fingerprint density at radius 2 is 1.94 bits per heavy atom. The number of pyridine rings is 1. The molecule has 0 saturated carbocycles. The Morgan fingerprint density at radius 3 is 2.72 bits per heavy atom.